The molecule has 0 amide bonds. The maximum absolute atomic E-state index is 13.9. The van der Waals surface area contributed by atoms with Crippen molar-refractivity contribution < 1.29 is 13.2 Å². The summed E-state index contributed by atoms with van der Waals surface area (Å²) < 4.78 is 42.6. The minimum absolute atomic E-state index is 0.0145. The predicted molar refractivity (Wildman–Crippen MR) is 131 cm³/mol. The normalized spacial score (nSPS) is 11.9. The molecule has 0 N–H and O–H groups in total. The molecule has 5 rings (SSSR count). The summed E-state index contributed by atoms with van der Waals surface area (Å²) in [5, 5.41) is 1.69. The molecular weight excluding hydrogens is 520 g/mol. The van der Waals surface area contributed by atoms with Crippen LogP contribution in [0.3, 0.4) is 0 Å². The van der Waals surface area contributed by atoms with Crippen molar-refractivity contribution in [2.45, 2.75) is 17.0 Å². The zero-order valence-corrected chi connectivity index (χ0v) is 19.9. The number of fused-ring (bicyclic) bond motifs is 2. The van der Waals surface area contributed by atoms with E-state index in [9.17, 15) is 18.0 Å². The Morgan fingerprint density at radius 3 is 2.49 bits per heavy atom. The molecule has 3 aromatic carbocycles. The van der Waals surface area contributed by atoms with Gasteiger partial charge in [0.25, 0.3) is 5.56 Å². The van der Waals surface area contributed by atoms with Crippen molar-refractivity contribution in [1.29, 1.82) is 0 Å². The van der Waals surface area contributed by atoms with Crippen LogP contribution in [0.25, 0.3) is 27.5 Å². The van der Waals surface area contributed by atoms with Crippen LogP contribution in [0.1, 0.15) is 11.4 Å². The fourth-order valence-corrected chi connectivity index (χ4v) is 5.19. The summed E-state index contributed by atoms with van der Waals surface area (Å²) >= 11 is 13.6. The maximum Gasteiger partial charge on any atom is 0.418 e. The van der Waals surface area contributed by atoms with Crippen molar-refractivity contribution in [3.8, 4) is 5.69 Å². The van der Waals surface area contributed by atoms with Crippen LogP contribution in [-0.2, 0) is 11.9 Å². The number of aromatic nitrogens is 4. The number of nitrogens with zero attached hydrogens (tertiary/aromatic N) is 4. The molecule has 176 valence electrons. The van der Waals surface area contributed by atoms with Crippen LogP contribution in [0.4, 0.5) is 13.2 Å². The van der Waals surface area contributed by atoms with Crippen LogP contribution in [0.5, 0.6) is 0 Å². The van der Waals surface area contributed by atoms with Crippen LogP contribution >= 0.6 is 35.0 Å². The molecule has 0 atom stereocenters. The van der Waals surface area contributed by atoms with Crippen LogP contribution in [0, 0.1) is 0 Å². The fourth-order valence-electron chi connectivity index (χ4n) is 3.74. The van der Waals surface area contributed by atoms with Gasteiger partial charge in [-0.2, -0.15) is 13.2 Å². The van der Waals surface area contributed by atoms with E-state index in [0.29, 0.717) is 10.5 Å². The molecule has 0 aliphatic rings. The molecule has 0 fully saturated rings. The van der Waals surface area contributed by atoms with Gasteiger partial charge in [-0.05, 0) is 30.3 Å². The van der Waals surface area contributed by atoms with Gasteiger partial charge in [0.15, 0.2) is 0 Å². The molecule has 0 saturated heterocycles. The summed E-state index contributed by atoms with van der Waals surface area (Å²) in [6, 6.07) is 15.0. The van der Waals surface area contributed by atoms with Crippen molar-refractivity contribution in [3.63, 3.8) is 0 Å². The topological polar surface area (TPSA) is 60.7 Å². The molecular formula is C24H13Cl2F3N4OS. The molecule has 2 heterocycles. The van der Waals surface area contributed by atoms with Gasteiger partial charge in [-0.25, -0.2) is 15.0 Å². The van der Waals surface area contributed by atoms with E-state index in [0.717, 1.165) is 16.0 Å². The highest BCUT2D eigenvalue weighted by atomic mass is 35.5. The molecule has 5 aromatic rings. The second kappa shape index (κ2) is 9.14. The van der Waals surface area contributed by atoms with E-state index in [-0.39, 0.29) is 38.2 Å². The summed E-state index contributed by atoms with van der Waals surface area (Å²) in [5.74, 6) is 0.119. The van der Waals surface area contributed by atoms with E-state index >= 15 is 0 Å². The molecule has 0 aliphatic heterocycles. The van der Waals surface area contributed by atoms with Crippen molar-refractivity contribution in [3.05, 3.63) is 98.8 Å². The van der Waals surface area contributed by atoms with Crippen LogP contribution in [0.2, 0.25) is 10.0 Å². The van der Waals surface area contributed by atoms with E-state index in [4.69, 9.17) is 23.2 Å². The van der Waals surface area contributed by atoms with Crippen LogP contribution < -0.4 is 5.56 Å². The average molecular weight is 533 g/mol. The number of hydrogen-bond acceptors (Lipinski definition) is 5. The van der Waals surface area contributed by atoms with Crippen molar-refractivity contribution in [1.82, 2.24) is 19.5 Å². The Morgan fingerprint density at radius 2 is 1.69 bits per heavy atom. The van der Waals surface area contributed by atoms with Gasteiger partial charge in [-0.1, -0.05) is 65.3 Å². The second-order valence-corrected chi connectivity index (χ2v) is 9.26. The van der Waals surface area contributed by atoms with Crippen molar-refractivity contribution >= 4 is 56.8 Å². The highest BCUT2D eigenvalue weighted by Gasteiger charge is 2.34. The molecule has 0 saturated carbocycles. The average Bonchev–Trinajstić information content (AvgIpc) is 2.83. The van der Waals surface area contributed by atoms with Crippen molar-refractivity contribution in [2.24, 2.45) is 0 Å². The first-order chi connectivity index (χ1) is 16.7. The highest BCUT2D eigenvalue weighted by molar-refractivity contribution is 7.98. The molecule has 35 heavy (non-hydrogen) atoms. The highest BCUT2D eigenvalue weighted by Crippen LogP contribution is 2.35. The fraction of sp³-hybridized carbons (Fsp3) is 0.0833. The third-order valence-corrected chi connectivity index (χ3v) is 6.76. The van der Waals surface area contributed by atoms with Gasteiger partial charge in [-0.3, -0.25) is 9.36 Å². The van der Waals surface area contributed by atoms with Gasteiger partial charge in [-0.15, -0.1) is 0 Å². The number of hydrogen-bond donors (Lipinski definition) is 0. The first-order valence-electron chi connectivity index (χ1n) is 10.1. The second-order valence-electron chi connectivity index (χ2n) is 7.45. The molecule has 11 heteroatoms. The Hall–Kier alpha value is -3.14. The van der Waals surface area contributed by atoms with Gasteiger partial charge in [0.1, 0.15) is 17.2 Å². The monoisotopic (exact) mass is 532 g/mol. The van der Waals surface area contributed by atoms with E-state index < -0.39 is 17.3 Å². The lowest BCUT2D eigenvalue weighted by molar-refractivity contribution is -0.137. The van der Waals surface area contributed by atoms with Crippen LogP contribution in [-0.4, -0.2) is 19.5 Å². The van der Waals surface area contributed by atoms with Gasteiger partial charge in [0.2, 0.25) is 0 Å². The molecule has 0 unspecified atom stereocenters. The summed E-state index contributed by atoms with van der Waals surface area (Å²) in [6.07, 6.45) is -3.28. The first-order valence-corrected chi connectivity index (χ1v) is 11.9. The zero-order chi connectivity index (χ0) is 24.7. The lowest BCUT2D eigenvalue weighted by atomic mass is 10.1. The third-order valence-electron chi connectivity index (χ3n) is 5.26. The largest absolute Gasteiger partial charge is 0.418 e. The summed E-state index contributed by atoms with van der Waals surface area (Å²) in [7, 11) is 0. The van der Waals surface area contributed by atoms with E-state index in [1.165, 1.54) is 48.4 Å². The molecule has 2 aromatic heterocycles. The Morgan fingerprint density at radius 1 is 0.943 bits per heavy atom. The quantitative estimate of drug-likeness (QED) is 0.185. The van der Waals surface area contributed by atoms with E-state index in [1.807, 2.05) is 24.3 Å². The lowest BCUT2D eigenvalue weighted by Gasteiger charge is -2.18. The predicted octanol–water partition coefficient (Wildman–Crippen LogP) is 6.95. The number of rotatable bonds is 4. The molecule has 0 bridgehead atoms. The lowest BCUT2D eigenvalue weighted by Crippen LogP contribution is -2.26. The minimum Gasteiger partial charge on any atom is -0.268 e. The Labute approximate surface area is 210 Å². The Balaban J connectivity index is 1.73. The van der Waals surface area contributed by atoms with Crippen LogP contribution in [0.15, 0.2) is 76.8 Å². The molecule has 5 nitrogen and oxygen atoms in total. The Bertz CT molecular complexity index is 1650. The standard InChI is InChI=1S/C24H13Cl2F3N4OS/c25-13-9-15-21(17(26)10-13)32-20(11-35-22-14-5-1-3-7-18(14)30-12-31-22)33(23(15)34)19-8-4-2-6-16(19)24(27,28)29/h1-10,12H,11H2. The van der Waals surface area contributed by atoms with Gasteiger partial charge in [0, 0.05) is 10.4 Å². The maximum atomic E-state index is 13.9. The number of para-hydroxylation sites is 2. The molecule has 0 aliphatic carbocycles. The van der Waals surface area contributed by atoms with E-state index in [2.05, 4.69) is 15.0 Å². The summed E-state index contributed by atoms with van der Waals surface area (Å²) in [4.78, 5) is 26.6. The molecule has 0 spiro atoms. The summed E-state index contributed by atoms with van der Waals surface area (Å²) in [6.45, 7) is 0. The molecule has 0 radical (unpaired) electrons. The number of alkyl halides is 3. The number of thioether (sulfide) groups is 1. The van der Waals surface area contributed by atoms with E-state index in [1.54, 1.807) is 0 Å². The van der Waals surface area contributed by atoms with Gasteiger partial charge < -0.3 is 0 Å². The number of halogens is 5. The van der Waals surface area contributed by atoms with Crippen molar-refractivity contribution in [2.75, 3.05) is 0 Å². The van der Waals surface area contributed by atoms with Gasteiger partial charge in [0.05, 0.1) is 38.4 Å². The zero-order valence-electron chi connectivity index (χ0n) is 17.6. The Kier molecular flexibility index (Phi) is 6.16. The smallest absolute Gasteiger partial charge is 0.268 e. The SMILES string of the molecule is O=c1c2cc(Cl)cc(Cl)c2nc(CSc2ncnc3ccccc23)n1-c1ccccc1C(F)(F)F. The first kappa shape index (κ1) is 23.6. The summed E-state index contributed by atoms with van der Waals surface area (Å²) in [5.41, 5.74) is -1.13. The van der Waals surface area contributed by atoms with Gasteiger partial charge >= 0.3 is 6.18 Å². The number of benzene rings is 3. The third kappa shape index (κ3) is 4.47. The minimum atomic E-state index is -4.69.